The Morgan fingerprint density at radius 2 is 1.90 bits per heavy atom. The molecule has 0 radical (unpaired) electrons. The predicted octanol–water partition coefficient (Wildman–Crippen LogP) is 5.79. The van der Waals surface area contributed by atoms with Gasteiger partial charge in [0.1, 0.15) is 17.3 Å². The second-order valence-electron chi connectivity index (χ2n) is 6.64. The van der Waals surface area contributed by atoms with Crippen molar-refractivity contribution in [3.05, 3.63) is 63.5 Å². The smallest absolute Gasteiger partial charge is 0.401 e. The highest BCUT2D eigenvalue weighted by atomic mass is 35.5. The lowest BCUT2D eigenvalue weighted by Crippen LogP contribution is -2.30. The lowest BCUT2D eigenvalue weighted by atomic mass is 10.1. The molecule has 0 unspecified atom stereocenters. The number of hydrogen-bond donors (Lipinski definition) is 1. The van der Waals surface area contributed by atoms with Gasteiger partial charge in [-0.15, -0.1) is 11.3 Å². The molecule has 4 nitrogen and oxygen atoms in total. The highest BCUT2D eigenvalue weighted by Gasteiger charge is 2.25. The molecular formula is C21H20ClF4N3OS. The summed E-state index contributed by atoms with van der Waals surface area (Å²) in [6, 6.07) is 11.1. The van der Waals surface area contributed by atoms with E-state index in [1.54, 1.807) is 30.3 Å². The Morgan fingerprint density at radius 3 is 2.58 bits per heavy atom. The molecule has 0 fully saturated rings. The van der Waals surface area contributed by atoms with Crippen molar-refractivity contribution in [2.45, 2.75) is 19.1 Å². The van der Waals surface area contributed by atoms with Gasteiger partial charge in [0.25, 0.3) is 0 Å². The summed E-state index contributed by atoms with van der Waals surface area (Å²) >= 11 is 7.39. The Balaban J connectivity index is 1.93. The predicted molar refractivity (Wildman–Crippen MR) is 114 cm³/mol. The van der Waals surface area contributed by atoms with Crippen LogP contribution in [0.2, 0.25) is 5.02 Å². The molecule has 0 aliphatic carbocycles. The van der Waals surface area contributed by atoms with Crippen molar-refractivity contribution < 1.29 is 22.3 Å². The van der Waals surface area contributed by atoms with Gasteiger partial charge in [-0.05, 0) is 54.9 Å². The van der Waals surface area contributed by atoms with E-state index in [-0.39, 0.29) is 12.4 Å². The van der Waals surface area contributed by atoms with Crippen LogP contribution >= 0.6 is 22.9 Å². The Morgan fingerprint density at radius 1 is 1.16 bits per heavy atom. The fourth-order valence-electron chi connectivity index (χ4n) is 2.93. The number of alkyl halides is 3. The molecule has 1 heterocycles. The van der Waals surface area contributed by atoms with Gasteiger partial charge in [0.05, 0.1) is 19.3 Å². The number of nitrogens with one attached hydrogen (secondary N) is 1. The highest BCUT2D eigenvalue weighted by molar-refractivity contribution is 7.07. The zero-order chi connectivity index (χ0) is 22.4. The SMILES string of the molecule is COc1cc(Cl)ccc1N=c1scc(-c2ccc(F)cc2)n1CCCNCC(F)(F)F. The zero-order valence-corrected chi connectivity index (χ0v) is 18.1. The van der Waals surface area contributed by atoms with Crippen LogP contribution in [0.25, 0.3) is 11.3 Å². The lowest BCUT2D eigenvalue weighted by Gasteiger charge is -2.11. The molecule has 1 aromatic heterocycles. The van der Waals surface area contributed by atoms with Crippen LogP contribution in [-0.4, -0.2) is 30.9 Å². The molecule has 31 heavy (non-hydrogen) atoms. The molecule has 10 heteroatoms. The van der Waals surface area contributed by atoms with Gasteiger partial charge >= 0.3 is 6.18 Å². The molecule has 166 valence electrons. The Labute approximate surface area is 185 Å². The number of hydrogen-bond acceptors (Lipinski definition) is 4. The van der Waals surface area contributed by atoms with Crippen LogP contribution in [0.15, 0.2) is 52.8 Å². The van der Waals surface area contributed by atoms with Gasteiger partial charge in [-0.1, -0.05) is 11.6 Å². The van der Waals surface area contributed by atoms with Crippen LogP contribution in [0, 0.1) is 5.82 Å². The average Bonchev–Trinajstić information content (AvgIpc) is 3.11. The van der Waals surface area contributed by atoms with Crippen LogP contribution < -0.4 is 14.9 Å². The second-order valence-corrected chi connectivity index (χ2v) is 7.91. The maximum Gasteiger partial charge on any atom is 0.401 e. The van der Waals surface area contributed by atoms with Crippen molar-refractivity contribution in [2.24, 2.45) is 4.99 Å². The summed E-state index contributed by atoms with van der Waals surface area (Å²) in [4.78, 5) is 5.31. The van der Waals surface area contributed by atoms with Gasteiger partial charge < -0.3 is 14.6 Å². The third-order valence-electron chi connectivity index (χ3n) is 4.36. The molecular weight excluding hydrogens is 454 g/mol. The Bertz CT molecular complexity index is 1080. The molecule has 2 aromatic carbocycles. The minimum absolute atomic E-state index is 0.189. The van der Waals surface area contributed by atoms with Crippen LogP contribution in [0.3, 0.4) is 0 Å². The molecule has 1 N–H and O–H groups in total. The fraction of sp³-hybridized carbons (Fsp3) is 0.286. The summed E-state index contributed by atoms with van der Waals surface area (Å²) in [7, 11) is 1.52. The summed E-state index contributed by atoms with van der Waals surface area (Å²) in [5.74, 6) is 0.153. The van der Waals surface area contributed by atoms with E-state index in [4.69, 9.17) is 16.3 Å². The van der Waals surface area contributed by atoms with E-state index < -0.39 is 12.7 Å². The molecule has 3 rings (SSSR count). The first-order valence-electron chi connectivity index (χ1n) is 9.37. The first-order chi connectivity index (χ1) is 14.8. The van der Waals surface area contributed by atoms with Crippen LogP contribution in [0.1, 0.15) is 6.42 Å². The summed E-state index contributed by atoms with van der Waals surface area (Å²) < 4.78 is 57.6. The van der Waals surface area contributed by atoms with Crippen molar-refractivity contribution in [1.29, 1.82) is 0 Å². The number of ether oxygens (including phenoxy) is 1. The minimum atomic E-state index is -4.25. The first-order valence-corrected chi connectivity index (χ1v) is 10.6. The normalized spacial score (nSPS) is 12.4. The minimum Gasteiger partial charge on any atom is -0.494 e. The molecule has 0 spiro atoms. The van der Waals surface area contributed by atoms with Crippen molar-refractivity contribution in [3.8, 4) is 17.0 Å². The monoisotopic (exact) mass is 473 g/mol. The fourth-order valence-corrected chi connectivity index (χ4v) is 4.04. The molecule has 0 saturated carbocycles. The standard InChI is InChI=1S/C21H20ClF4N3OS/c1-30-19-11-15(22)5-8-17(19)28-20-29(10-2-9-27-13-21(24,25)26)18(12-31-20)14-3-6-16(23)7-4-14/h3-8,11-12,27H,2,9-10,13H2,1H3. The van der Waals surface area contributed by atoms with Gasteiger partial charge in [-0.3, -0.25) is 0 Å². The van der Waals surface area contributed by atoms with Gasteiger partial charge in [-0.25, -0.2) is 9.38 Å². The Hall–Kier alpha value is -2.36. The van der Waals surface area contributed by atoms with Gasteiger partial charge in [0.15, 0.2) is 4.80 Å². The summed E-state index contributed by atoms with van der Waals surface area (Å²) in [6.07, 6.45) is -3.80. The maximum atomic E-state index is 13.3. The third-order valence-corrected chi connectivity index (χ3v) is 5.45. The number of aromatic nitrogens is 1. The van der Waals surface area contributed by atoms with E-state index in [0.717, 1.165) is 11.3 Å². The number of halogens is 5. The van der Waals surface area contributed by atoms with Crippen molar-refractivity contribution >= 4 is 28.6 Å². The topological polar surface area (TPSA) is 38.5 Å². The molecule has 0 saturated heterocycles. The van der Waals surface area contributed by atoms with Crippen molar-refractivity contribution in [3.63, 3.8) is 0 Å². The van der Waals surface area contributed by atoms with Crippen LogP contribution in [0.5, 0.6) is 5.75 Å². The molecule has 0 bridgehead atoms. The van der Waals surface area contributed by atoms with Crippen LogP contribution in [0.4, 0.5) is 23.2 Å². The molecule has 0 aliphatic heterocycles. The maximum absolute atomic E-state index is 13.3. The Kier molecular flexibility index (Phi) is 7.74. The van der Waals surface area contributed by atoms with E-state index in [1.165, 1.54) is 30.6 Å². The number of rotatable bonds is 8. The first kappa shape index (κ1) is 23.3. The summed E-state index contributed by atoms with van der Waals surface area (Å²) in [6.45, 7) is -0.421. The highest BCUT2D eigenvalue weighted by Crippen LogP contribution is 2.30. The van der Waals surface area contributed by atoms with E-state index in [1.807, 2.05) is 9.95 Å². The number of thiazole rings is 1. The van der Waals surface area contributed by atoms with Gasteiger partial charge in [0.2, 0.25) is 0 Å². The molecule has 0 amide bonds. The van der Waals surface area contributed by atoms with Crippen molar-refractivity contribution in [1.82, 2.24) is 9.88 Å². The number of methoxy groups -OCH3 is 1. The van der Waals surface area contributed by atoms with Gasteiger partial charge in [-0.2, -0.15) is 13.2 Å². The van der Waals surface area contributed by atoms with Gasteiger partial charge in [0, 0.05) is 23.0 Å². The van der Waals surface area contributed by atoms with E-state index in [9.17, 15) is 17.6 Å². The molecule has 0 aliphatic rings. The van der Waals surface area contributed by atoms with E-state index in [0.29, 0.717) is 34.2 Å². The average molecular weight is 474 g/mol. The number of benzene rings is 2. The number of nitrogens with zero attached hydrogens (tertiary/aromatic N) is 2. The quantitative estimate of drug-likeness (QED) is 0.332. The van der Waals surface area contributed by atoms with E-state index >= 15 is 0 Å². The van der Waals surface area contributed by atoms with E-state index in [2.05, 4.69) is 10.3 Å². The summed E-state index contributed by atoms with van der Waals surface area (Å²) in [5, 5.41) is 4.80. The zero-order valence-electron chi connectivity index (χ0n) is 16.5. The third kappa shape index (κ3) is 6.56. The molecule has 3 aromatic rings. The van der Waals surface area contributed by atoms with Crippen molar-refractivity contribution in [2.75, 3.05) is 20.2 Å². The largest absolute Gasteiger partial charge is 0.494 e. The van der Waals surface area contributed by atoms with Crippen LogP contribution in [-0.2, 0) is 6.54 Å². The summed E-state index contributed by atoms with van der Waals surface area (Å²) in [5.41, 5.74) is 2.15. The lowest BCUT2D eigenvalue weighted by molar-refractivity contribution is -0.124. The molecule has 0 atom stereocenters. The second kappa shape index (κ2) is 10.3.